The molecule has 4 rings (SSSR count). The van der Waals surface area contributed by atoms with E-state index in [1.807, 2.05) is 0 Å². The highest BCUT2D eigenvalue weighted by Crippen LogP contribution is 2.25. The van der Waals surface area contributed by atoms with Crippen molar-refractivity contribution < 1.29 is 22.5 Å². The van der Waals surface area contributed by atoms with Crippen LogP contribution in [0.25, 0.3) is 11.4 Å². The van der Waals surface area contributed by atoms with Crippen LogP contribution in [0, 0.1) is 6.92 Å². The molecule has 2 aromatic heterocycles. The Hall–Kier alpha value is -3.11. The fraction of sp³-hybridized carbons (Fsp3) is 0.300. The third-order valence-corrected chi connectivity index (χ3v) is 6.15. The number of rotatable bonds is 7. The molecule has 0 aliphatic heterocycles. The second-order valence-corrected chi connectivity index (χ2v) is 8.83. The van der Waals surface area contributed by atoms with Gasteiger partial charge in [0, 0.05) is 24.0 Å². The monoisotopic (exact) mass is 428 g/mol. The number of carbonyl (C=O) groups excluding carboxylic acids is 1. The number of nitrogens with zero attached hydrogens (tertiary/aromatic N) is 3. The van der Waals surface area contributed by atoms with Crippen LogP contribution in [-0.2, 0) is 14.8 Å². The van der Waals surface area contributed by atoms with Crippen molar-refractivity contribution in [3.05, 3.63) is 59.7 Å². The van der Waals surface area contributed by atoms with E-state index in [9.17, 15) is 13.2 Å². The quantitative estimate of drug-likeness (QED) is 0.570. The van der Waals surface area contributed by atoms with Crippen molar-refractivity contribution in [1.82, 2.24) is 19.8 Å². The minimum Gasteiger partial charge on any atom is -0.449 e. The molecule has 1 saturated carbocycles. The van der Waals surface area contributed by atoms with Crippen molar-refractivity contribution in [3.63, 3.8) is 0 Å². The van der Waals surface area contributed by atoms with Gasteiger partial charge in [-0.2, -0.15) is 4.98 Å². The van der Waals surface area contributed by atoms with E-state index in [4.69, 9.17) is 9.26 Å². The smallest absolute Gasteiger partial charge is 0.339 e. The summed E-state index contributed by atoms with van der Waals surface area (Å²) in [5.74, 6) is -0.222. The highest BCUT2D eigenvalue weighted by molar-refractivity contribution is 7.89. The van der Waals surface area contributed by atoms with E-state index in [-0.39, 0.29) is 22.4 Å². The molecule has 1 unspecified atom stereocenters. The van der Waals surface area contributed by atoms with Crippen molar-refractivity contribution in [1.29, 1.82) is 0 Å². The largest absolute Gasteiger partial charge is 0.449 e. The SMILES string of the molecule is Cc1ccc(S(=O)(=O)NC2CC2)cc1C(=O)OC(C)c1nc(-c2cccnc2)no1. The molecule has 1 atom stereocenters. The van der Waals surface area contributed by atoms with E-state index in [0.717, 1.165) is 12.8 Å². The lowest BCUT2D eigenvalue weighted by Gasteiger charge is -2.12. The molecule has 0 spiro atoms. The van der Waals surface area contributed by atoms with Gasteiger partial charge in [-0.25, -0.2) is 17.9 Å². The molecule has 0 saturated heterocycles. The first-order valence-electron chi connectivity index (χ1n) is 9.41. The maximum atomic E-state index is 12.7. The summed E-state index contributed by atoms with van der Waals surface area (Å²) in [4.78, 5) is 21.0. The number of nitrogens with one attached hydrogen (secondary N) is 1. The summed E-state index contributed by atoms with van der Waals surface area (Å²) in [5, 5.41) is 3.88. The minimum absolute atomic E-state index is 0.0243. The minimum atomic E-state index is -3.68. The van der Waals surface area contributed by atoms with Crippen molar-refractivity contribution >= 4 is 16.0 Å². The molecule has 1 fully saturated rings. The number of pyridine rings is 1. The number of carbonyl (C=O) groups is 1. The van der Waals surface area contributed by atoms with Crippen LogP contribution in [0.3, 0.4) is 0 Å². The summed E-state index contributed by atoms with van der Waals surface area (Å²) in [6.45, 7) is 3.31. The lowest BCUT2D eigenvalue weighted by atomic mass is 10.1. The van der Waals surface area contributed by atoms with Gasteiger partial charge < -0.3 is 9.26 Å². The first-order chi connectivity index (χ1) is 14.3. The van der Waals surface area contributed by atoms with E-state index >= 15 is 0 Å². The third-order valence-electron chi connectivity index (χ3n) is 4.63. The van der Waals surface area contributed by atoms with Gasteiger partial charge in [0.05, 0.1) is 10.5 Å². The molecule has 1 N–H and O–H groups in total. The molecule has 1 aliphatic rings. The molecule has 0 amide bonds. The molecular weight excluding hydrogens is 408 g/mol. The summed E-state index contributed by atoms with van der Waals surface area (Å²) < 4.78 is 38.1. The lowest BCUT2D eigenvalue weighted by molar-refractivity contribution is 0.0264. The summed E-state index contributed by atoms with van der Waals surface area (Å²) >= 11 is 0. The van der Waals surface area contributed by atoms with Crippen LogP contribution in [0.1, 0.15) is 47.7 Å². The normalized spacial score (nSPS) is 15.0. The van der Waals surface area contributed by atoms with E-state index < -0.39 is 22.1 Å². The zero-order chi connectivity index (χ0) is 21.3. The summed E-state index contributed by atoms with van der Waals surface area (Å²) in [6, 6.07) is 7.87. The lowest BCUT2D eigenvalue weighted by Crippen LogP contribution is -2.26. The molecule has 2 heterocycles. The maximum Gasteiger partial charge on any atom is 0.339 e. The second kappa shape index (κ2) is 7.96. The second-order valence-electron chi connectivity index (χ2n) is 7.12. The van der Waals surface area contributed by atoms with Gasteiger partial charge in [0.25, 0.3) is 5.89 Å². The number of aryl methyl sites for hydroxylation is 1. The fourth-order valence-electron chi connectivity index (χ4n) is 2.76. The highest BCUT2D eigenvalue weighted by atomic mass is 32.2. The molecule has 10 heteroatoms. The number of hydrogen-bond donors (Lipinski definition) is 1. The molecule has 0 radical (unpaired) electrons. The Morgan fingerprint density at radius 2 is 2.10 bits per heavy atom. The third kappa shape index (κ3) is 4.39. The van der Waals surface area contributed by atoms with Gasteiger partial charge in [-0.3, -0.25) is 4.98 Å². The van der Waals surface area contributed by atoms with Gasteiger partial charge in [-0.1, -0.05) is 11.2 Å². The first-order valence-corrected chi connectivity index (χ1v) is 10.9. The van der Waals surface area contributed by atoms with E-state index in [1.165, 1.54) is 12.1 Å². The van der Waals surface area contributed by atoms with Crippen LogP contribution in [0.2, 0.25) is 0 Å². The average Bonchev–Trinajstić information content (AvgIpc) is 3.38. The van der Waals surface area contributed by atoms with Crippen molar-refractivity contribution in [2.45, 2.75) is 43.7 Å². The summed E-state index contributed by atoms with van der Waals surface area (Å²) in [7, 11) is -3.68. The Bertz CT molecular complexity index is 1170. The van der Waals surface area contributed by atoms with Crippen LogP contribution in [0.4, 0.5) is 0 Å². The first kappa shape index (κ1) is 20.2. The van der Waals surface area contributed by atoms with Crippen molar-refractivity contribution in [2.75, 3.05) is 0 Å². The number of esters is 1. The summed E-state index contributed by atoms with van der Waals surface area (Å²) in [6.07, 6.45) is 4.05. The van der Waals surface area contributed by atoms with Crippen LogP contribution in [0.15, 0.2) is 52.1 Å². The predicted molar refractivity (Wildman–Crippen MR) is 106 cm³/mol. The fourth-order valence-corrected chi connectivity index (χ4v) is 4.09. The Morgan fingerprint density at radius 3 is 2.80 bits per heavy atom. The average molecular weight is 428 g/mol. The van der Waals surface area contributed by atoms with Gasteiger partial charge >= 0.3 is 5.97 Å². The Morgan fingerprint density at radius 1 is 1.30 bits per heavy atom. The zero-order valence-electron chi connectivity index (χ0n) is 16.4. The molecule has 3 aromatic rings. The predicted octanol–water partition coefficient (Wildman–Crippen LogP) is 2.80. The molecule has 9 nitrogen and oxygen atoms in total. The number of ether oxygens (including phenoxy) is 1. The van der Waals surface area contributed by atoms with E-state index in [1.54, 1.807) is 44.4 Å². The zero-order valence-corrected chi connectivity index (χ0v) is 17.2. The Balaban J connectivity index is 1.51. The van der Waals surface area contributed by atoms with Crippen LogP contribution in [-0.4, -0.2) is 35.6 Å². The topological polar surface area (TPSA) is 124 Å². The van der Waals surface area contributed by atoms with E-state index in [0.29, 0.717) is 17.0 Å². The molecule has 156 valence electrons. The van der Waals surface area contributed by atoms with Gasteiger partial charge in [0.1, 0.15) is 0 Å². The standard InChI is InChI=1S/C20H20N4O5S/c1-12-5-8-16(30(26,27)24-15-6-7-15)10-17(12)20(25)28-13(2)19-22-18(23-29-19)14-4-3-9-21-11-14/h3-5,8-11,13,15,24H,6-7H2,1-2H3. The van der Waals surface area contributed by atoms with Gasteiger partial charge in [-0.15, -0.1) is 0 Å². The van der Waals surface area contributed by atoms with Crippen LogP contribution < -0.4 is 4.72 Å². The van der Waals surface area contributed by atoms with Gasteiger partial charge in [0.2, 0.25) is 15.8 Å². The summed E-state index contributed by atoms with van der Waals surface area (Å²) in [5.41, 5.74) is 1.43. The number of hydrogen-bond acceptors (Lipinski definition) is 8. The molecule has 1 aromatic carbocycles. The van der Waals surface area contributed by atoms with Crippen LogP contribution in [0.5, 0.6) is 0 Å². The number of sulfonamides is 1. The Kier molecular flexibility index (Phi) is 5.35. The maximum absolute atomic E-state index is 12.7. The number of benzene rings is 1. The highest BCUT2D eigenvalue weighted by Gasteiger charge is 2.29. The molecular formula is C20H20N4O5S. The van der Waals surface area contributed by atoms with Crippen LogP contribution >= 0.6 is 0 Å². The van der Waals surface area contributed by atoms with Crippen molar-refractivity contribution in [2.24, 2.45) is 0 Å². The number of aromatic nitrogens is 3. The van der Waals surface area contributed by atoms with E-state index in [2.05, 4.69) is 19.8 Å². The molecule has 30 heavy (non-hydrogen) atoms. The molecule has 1 aliphatic carbocycles. The molecule has 0 bridgehead atoms. The van der Waals surface area contributed by atoms with Crippen molar-refractivity contribution in [3.8, 4) is 11.4 Å². The van der Waals surface area contributed by atoms with Gasteiger partial charge in [-0.05, 0) is 56.5 Å². The Labute approximate surface area is 173 Å². The van der Waals surface area contributed by atoms with Gasteiger partial charge in [0.15, 0.2) is 6.10 Å².